The molecule has 1 aromatic heterocycles. The average molecular weight is 271 g/mol. The number of carbonyl (C=O) groups excluding carboxylic acids is 1. The lowest BCUT2D eigenvalue weighted by atomic mass is 10.1. The highest BCUT2D eigenvalue weighted by Gasteiger charge is 2.03. The van der Waals surface area contributed by atoms with Crippen LogP contribution in [0.1, 0.15) is 27.2 Å². The minimum Gasteiger partial charge on any atom is -0.298 e. The summed E-state index contributed by atoms with van der Waals surface area (Å²) in [4.78, 5) is 15.7. The van der Waals surface area contributed by atoms with Crippen molar-refractivity contribution in [1.82, 2.24) is 4.98 Å². The molecule has 0 radical (unpaired) electrons. The first-order valence-corrected chi connectivity index (χ1v) is 6.70. The zero-order valence-electron chi connectivity index (χ0n) is 11.6. The van der Waals surface area contributed by atoms with E-state index < -0.39 is 0 Å². The van der Waals surface area contributed by atoms with Crippen LogP contribution in [0.3, 0.4) is 0 Å². The van der Waals surface area contributed by atoms with Crippen LogP contribution >= 0.6 is 0 Å². The maximum absolute atomic E-state index is 11.2. The molecule has 0 N–H and O–H groups in total. The number of aldehydes is 1. The Balaban J connectivity index is 2.07. The highest BCUT2D eigenvalue weighted by molar-refractivity contribution is 5.88. The molecule has 3 aromatic rings. The van der Waals surface area contributed by atoms with E-state index in [-0.39, 0.29) is 0 Å². The third kappa shape index (κ3) is 2.82. The van der Waals surface area contributed by atoms with Crippen LogP contribution in [0, 0.1) is 18.8 Å². The zero-order valence-corrected chi connectivity index (χ0v) is 11.6. The van der Waals surface area contributed by atoms with Gasteiger partial charge in [-0.3, -0.25) is 4.79 Å². The van der Waals surface area contributed by atoms with Gasteiger partial charge < -0.3 is 0 Å². The van der Waals surface area contributed by atoms with Crippen LogP contribution in [-0.2, 0) is 0 Å². The van der Waals surface area contributed by atoms with Crippen molar-refractivity contribution in [3.8, 4) is 11.8 Å². The SMILES string of the molecule is Cc1ccc(C#Cc2nc3ccccc3cc2C=O)cc1. The summed E-state index contributed by atoms with van der Waals surface area (Å²) in [7, 11) is 0. The van der Waals surface area contributed by atoms with Crippen LogP contribution in [0.4, 0.5) is 0 Å². The number of benzene rings is 2. The fourth-order valence-electron chi connectivity index (χ4n) is 2.09. The Labute approximate surface area is 123 Å². The molecule has 0 aliphatic heterocycles. The first-order chi connectivity index (χ1) is 10.3. The van der Waals surface area contributed by atoms with Crippen molar-refractivity contribution in [2.24, 2.45) is 0 Å². The largest absolute Gasteiger partial charge is 0.298 e. The molecule has 0 saturated heterocycles. The van der Waals surface area contributed by atoms with E-state index >= 15 is 0 Å². The maximum Gasteiger partial charge on any atom is 0.152 e. The van der Waals surface area contributed by atoms with E-state index in [9.17, 15) is 4.79 Å². The van der Waals surface area contributed by atoms with Gasteiger partial charge in [0.05, 0.1) is 5.52 Å². The van der Waals surface area contributed by atoms with Crippen molar-refractivity contribution >= 4 is 17.2 Å². The predicted molar refractivity (Wildman–Crippen MR) is 84.3 cm³/mol. The number of carbonyl (C=O) groups is 1. The molecule has 1 heterocycles. The average Bonchev–Trinajstić information content (AvgIpc) is 2.53. The molecule has 100 valence electrons. The monoisotopic (exact) mass is 271 g/mol. The molecule has 0 aliphatic rings. The van der Waals surface area contributed by atoms with Crippen LogP contribution in [0.15, 0.2) is 54.6 Å². The Bertz CT molecular complexity index is 867. The standard InChI is InChI=1S/C19H13NO/c1-14-6-8-15(9-7-14)10-11-19-17(13-21)12-16-4-2-3-5-18(16)20-19/h2-9,12-13H,1H3. The van der Waals surface area contributed by atoms with E-state index in [1.54, 1.807) is 0 Å². The molecule has 0 unspecified atom stereocenters. The quantitative estimate of drug-likeness (QED) is 0.498. The van der Waals surface area contributed by atoms with Gasteiger partial charge in [-0.25, -0.2) is 4.98 Å². The highest BCUT2D eigenvalue weighted by Crippen LogP contribution is 2.15. The van der Waals surface area contributed by atoms with Gasteiger partial charge in [-0.1, -0.05) is 41.8 Å². The number of hydrogen-bond acceptors (Lipinski definition) is 2. The maximum atomic E-state index is 11.2. The van der Waals surface area contributed by atoms with Crippen molar-refractivity contribution in [3.63, 3.8) is 0 Å². The predicted octanol–water partition coefficient (Wildman–Crippen LogP) is 3.76. The Morgan fingerprint density at radius 1 is 1.00 bits per heavy atom. The Kier molecular flexibility index (Phi) is 3.49. The molecule has 0 bridgehead atoms. The van der Waals surface area contributed by atoms with Crippen LogP contribution in [0.25, 0.3) is 10.9 Å². The summed E-state index contributed by atoms with van der Waals surface area (Å²) >= 11 is 0. The highest BCUT2D eigenvalue weighted by atomic mass is 16.1. The smallest absolute Gasteiger partial charge is 0.152 e. The molecule has 21 heavy (non-hydrogen) atoms. The Hall–Kier alpha value is -2.92. The number of pyridine rings is 1. The van der Waals surface area contributed by atoms with Gasteiger partial charge in [0.2, 0.25) is 0 Å². The molecule has 2 nitrogen and oxygen atoms in total. The van der Waals surface area contributed by atoms with E-state index in [1.807, 2.05) is 61.5 Å². The second-order valence-corrected chi connectivity index (χ2v) is 4.85. The topological polar surface area (TPSA) is 30.0 Å². The lowest BCUT2D eigenvalue weighted by Gasteiger charge is -2.00. The molecule has 2 heteroatoms. The fraction of sp³-hybridized carbons (Fsp3) is 0.0526. The minimum absolute atomic E-state index is 0.518. The first-order valence-electron chi connectivity index (χ1n) is 6.70. The summed E-state index contributed by atoms with van der Waals surface area (Å²) < 4.78 is 0. The summed E-state index contributed by atoms with van der Waals surface area (Å²) in [6, 6.07) is 17.5. The molecule has 3 rings (SSSR count). The van der Waals surface area contributed by atoms with Gasteiger partial charge in [-0.05, 0) is 37.1 Å². The Morgan fingerprint density at radius 3 is 2.52 bits per heavy atom. The van der Waals surface area contributed by atoms with Crippen LogP contribution in [-0.4, -0.2) is 11.3 Å². The second-order valence-electron chi connectivity index (χ2n) is 4.85. The Morgan fingerprint density at radius 2 is 1.76 bits per heavy atom. The van der Waals surface area contributed by atoms with Gasteiger partial charge >= 0.3 is 0 Å². The van der Waals surface area contributed by atoms with Crippen molar-refractivity contribution in [2.75, 3.05) is 0 Å². The molecular weight excluding hydrogens is 258 g/mol. The van der Waals surface area contributed by atoms with Crippen molar-refractivity contribution in [1.29, 1.82) is 0 Å². The van der Waals surface area contributed by atoms with Crippen molar-refractivity contribution < 1.29 is 4.79 Å². The van der Waals surface area contributed by atoms with E-state index in [4.69, 9.17) is 0 Å². The van der Waals surface area contributed by atoms with E-state index in [1.165, 1.54) is 5.56 Å². The van der Waals surface area contributed by atoms with Crippen LogP contribution in [0.2, 0.25) is 0 Å². The second kappa shape index (κ2) is 5.60. The molecule has 0 amide bonds. The molecule has 0 saturated carbocycles. The zero-order chi connectivity index (χ0) is 14.7. The van der Waals surface area contributed by atoms with Crippen LogP contribution in [0.5, 0.6) is 0 Å². The van der Waals surface area contributed by atoms with Gasteiger partial charge in [0, 0.05) is 16.5 Å². The summed E-state index contributed by atoms with van der Waals surface area (Å²) in [6.07, 6.45) is 0.804. The number of rotatable bonds is 1. The first kappa shape index (κ1) is 13.1. The number of para-hydroxylation sites is 1. The molecule has 0 fully saturated rings. The summed E-state index contributed by atoms with van der Waals surface area (Å²) in [5, 5.41) is 0.945. The number of aryl methyl sites for hydroxylation is 1. The van der Waals surface area contributed by atoms with Crippen LogP contribution < -0.4 is 0 Å². The van der Waals surface area contributed by atoms with Gasteiger partial charge in [0.25, 0.3) is 0 Å². The van der Waals surface area contributed by atoms with Gasteiger partial charge in [-0.2, -0.15) is 0 Å². The lowest BCUT2D eigenvalue weighted by molar-refractivity contribution is 0.112. The summed E-state index contributed by atoms with van der Waals surface area (Å²) in [6.45, 7) is 2.03. The van der Waals surface area contributed by atoms with Gasteiger partial charge in [0.15, 0.2) is 6.29 Å². The van der Waals surface area contributed by atoms with E-state index in [2.05, 4.69) is 16.8 Å². The lowest BCUT2D eigenvalue weighted by Crippen LogP contribution is -1.93. The third-order valence-corrected chi connectivity index (χ3v) is 3.26. The van der Waals surface area contributed by atoms with Crippen molar-refractivity contribution in [3.05, 3.63) is 77.0 Å². The van der Waals surface area contributed by atoms with Gasteiger partial charge in [-0.15, -0.1) is 0 Å². The third-order valence-electron chi connectivity index (χ3n) is 3.26. The normalized spacial score (nSPS) is 9.95. The van der Waals surface area contributed by atoms with Crippen molar-refractivity contribution in [2.45, 2.75) is 6.92 Å². The molecule has 0 atom stereocenters. The molecule has 0 aliphatic carbocycles. The number of nitrogens with zero attached hydrogens (tertiary/aromatic N) is 1. The number of hydrogen-bond donors (Lipinski definition) is 0. The molecular formula is C19H13NO. The number of fused-ring (bicyclic) bond motifs is 1. The minimum atomic E-state index is 0.518. The van der Waals surface area contributed by atoms with Gasteiger partial charge in [0.1, 0.15) is 5.69 Å². The fourth-order valence-corrected chi connectivity index (χ4v) is 2.09. The molecule has 2 aromatic carbocycles. The molecule has 0 spiro atoms. The van der Waals surface area contributed by atoms with E-state index in [0.717, 1.165) is 22.8 Å². The number of aromatic nitrogens is 1. The summed E-state index contributed by atoms with van der Waals surface area (Å²) in [5.41, 5.74) is 3.99. The van der Waals surface area contributed by atoms with E-state index in [0.29, 0.717) is 11.3 Å². The summed E-state index contributed by atoms with van der Waals surface area (Å²) in [5.74, 6) is 6.06.